The normalized spacial score (nSPS) is 16.7. The van der Waals surface area contributed by atoms with Gasteiger partial charge in [-0.05, 0) is 19.8 Å². The third kappa shape index (κ3) is 2.64. The second-order valence-electron chi connectivity index (χ2n) is 3.64. The SMILES string of the molecule is CCCCN1C=C(CC)N(CC)C1. The fourth-order valence-corrected chi connectivity index (χ4v) is 1.76. The highest BCUT2D eigenvalue weighted by molar-refractivity contribution is 5.05. The van der Waals surface area contributed by atoms with Crippen molar-refractivity contribution in [2.75, 3.05) is 19.8 Å². The molecule has 0 bridgehead atoms. The van der Waals surface area contributed by atoms with Gasteiger partial charge in [-0.2, -0.15) is 0 Å². The van der Waals surface area contributed by atoms with Crippen molar-refractivity contribution < 1.29 is 0 Å². The van der Waals surface area contributed by atoms with E-state index in [4.69, 9.17) is 0 Å². The first-order valence-corrected chi connectivity index (χ1v) is 5.51. The minimum absolute atomic E-state index is 1.11. The van der Waals surface area contributed by atoms with Gasteiger partial charge in [-0.25, -0.2) is 0 Å². The van der Waals surface area contributed by atoms with Crippen molar-refractivity contribution in [1.29, 1.82) is 0 Å². The summed E-state index contributed by atoms with van der Waals surface area (Å²) in [5.41, 5.74) is 1.50. The summed E-state index contributed by atoms with van der Waals surface area (Å²) >= 11 is 0. The van der Waals surface area contributed by atoms with Crippen LogP contribution in [0.25, 0.3) is 0 Å². The third-order valence-corrected chi connectivity index (χ3v) is 2.63. The molecule has 0 N–H and O–H groups in total. The van der Waals surface area contributed by atoms with Gasteiger partial charge in [-0.15, -0.1) is 0 Å². The number of nitrogens with zero attached hydrogens (tertiary/aromatic N) is 2. The maximum atomic E-state index is 2.45. The Morgan fingerprint density at radius 3 is 2.54 bits per heavy atom. The second-order valence-corrected chi connectivity index (χ2v) is 3.64. The van der Waals surface area contributed by atoms with Gasteiger partial charge < -0.3 is 9.80 Å². The van der Waals surface area contributed by atoms with Gasteiger partial charge in [0.2, 0.25) is 0 Å². The van der Waals surface area contributed by atoms with Gasteiger partial charge in [0.15, 0.2) is 0 Å². The van der Waals surface area contributed by atoms with Crippen LogP contribution in [0.2, 0.25) is 0 Å². The Morgan fingerprint density at radius 2 is 2.08 bits per heavy atom. The Kier molecular flexibility index (Phi) is 4.13. The average Bonchev–Trinajstić information content (AvgIpc) is 2.57. The van der Waals surface area contributed by atoms with Crippen molar-refractivity contribution in [3.63, 3.8) is 0 Å². The number of hydrogen-bond acceptors (Lipinski definition) is 2. The van der Waals surface area contributed by atoms with Gasteiger partial charge in [0, 0.05) is 25.0 Å². The summed E-state index contributed by atoms with van der Waals surface area (Å²) in [5, 5.41) is 0. The van der Waals surface area contributed by atoms with Crippen molar-refractivity contribution >= 4 is 0 Å². The highest BCUT2D eigenvalue weighted by Crippen LogP contribution is 2.18. The number of allylic oxidation sites excluding steroid dienone is 1. The lowest BCUT2D eigenvalue weighted by Crippen LogP contribution is -2.27. The highest BCUT2D eigenvalue weighted by Gasteiger charge is 2.16. The summed E-state index contributed by atoms with van der Waals surface area (Å²) in [5.74, 6) is 0. The standard InChI is InChI=1S/C11H22N2/c1-4-7-8-12-9-11(5-2)13(6-3)10-12/h9H,4-8,10H2,1-3H3. The molecule has 0 aromatic carbocycles. The lowest BCUT2D eigenvalue weighted by Gasteiger charge is -2.21. The van der Waals surface area contributed by atoms with Gasteiger partial charge in [0.05, 0.1) is 6.67 Å². The predicted molar refractivity (Wildman–Crippen MR) is 57.2 cm³/mol. The monoisotopic (exact) mass is 182 g/mol. The van der Waals surface area contributed by atoms with Crippen LogP contribution in [0.1, 0.15) is 40.0 Å². The minimum Gasteiger partial charge on any atom is -0.358 e. The van der Waals surface area contributed by atoms with Gasteiger partial charge >= 0.3 is 0 Å². The summed E-state index contributed by atoms with van der Waals surface area (Å²) < 4.78 is 0. The van der Waals surface area contributed by atoms with E-state index in [0.29, 0.717) is 0 Å². The quantitative estimate of drug-likeness (QED) is 0.645. The van der Waals surface area contributed by atoms with Crippen LogP contribution >= 0.6 is 0 Å². The van der Waals surface area contributed by atoms with E-state index in [9.17, 15) is 0 Å². The molecule has 0 saturated carbocycles. The first-order valence-electron chi connectivity index (χ1n) is 5.51. The zero-order valence-electron chi connectivity index (χ0n) is 9.21. The smallest absolute Gasteiger partial charge is 0.0895 e. The van der Waals surface area contributed by atoms with Crippen molar-refractivity contribution in [2.24, 2.45) is 0 Å². The molecule has 0 atom stereocenters. The summed E-state index contributed by atoms with van der Waals surface area (Å²) in [4.78, 5) is 4.89. The van der Waals surface area contributed by atoms with Crippen LogP contribution in [0.15, 0.2) is 11.9 Å². The molecule has 0 aromatic rings. The number of unbranched alkanes of at least 4 members (excludes halogenated alkanes) is 1. The fourth-order valence-electron chi connectivity index (χ4n) is 1.76. The Balaban J connectivity index is 2.41. The van der Waals surface area contributed by atoms with E-state index in [1.807, 2.05) is 0 Å². The Morgan fingerprint density at radius 1 is 1.31 bits per heavy atom. The summed E-state index contributed by atoms with van der Waals surface area (Å²) in [6, 6.07) is 0. The number of hydrogen-bond donors (Lipinski definition) is 0. The van der Waals surface area contributed by atoms with E-state index in [2.05, 4.69) is 36.8 Å². The van der Waals surface area contributed by atoms with E-state index in [0.717, 1.165) is 19.6 Å². The van der Waals surface area contributed by atoms with Crippen LogP contribution in [0.3, 0.4) is 0 Å². The molecular weight excluding hydrogens is 160 g/mol. The molecule has 1 aliphatic rings. The molecule has 0 radical (unpaired) electrons. The molecule has 0 unspecified atom stereocenters. The van der Waals surface area contributed by atoms with Crippen LogP contribution in [-0.2, 0) is 0 Å². The molecule has 0 aromatic heterocycles. The molecule has 76 valence electrons. The zero-order chi connectivity index (χ0) is 9.68. The lowest BCUT2D eigenvalue weighted by atomic mass is 10.3. The van der Waals surface area contributed by atoms with Gasteiger partial charge in [0.25, 0.3) is 0 Å². The molecule has 2 nitrogen and oxygen atoms in total. The molecule has 0 spiro atoms. The largest absolute Gasteiger partial charge is 0.358 e. The Hall–Kier alpha value is -0.660. The maximum Gasteiger partial charge on any atom is 0.0895 e. The molecule has 13 heavy (non-hydrogen) atoms. The summed E-state index contributed by atoms with van der Waals surface area (Å²) in [7, 11) is 0. The summed E-state index contributed by atoms with van der Waals surface area (Å²) in [6.07, 6.45) is 6.10. The Labute approximate surface area is 82.2 Å². The van der Waals surface area contributed by atoms with Gasteiger partial charge in [-0.3, -0.25) is 0 Å². The molecule has 1 rings (SSSR count). The first kappa shape index (κ1) is 10.4. The molecule has 1 aliphatic heterocycles. The van der Waals surface area contributed by atoms with E-state index < -0.39 is 0 Å². The van der Waals surface area contributed by atoms with E-state index >= 15 is 0 Å². The van der Waals surface area contributed by atoms with E-state index in [1.54, 1.807) is 0 Å². The van der Waals surface area contributed by atoms with Crippen LogP contribution in [-0.4, -0.2) is 29.6 Å². The zero-order valence-corrected chi connectivity index (χ0v) is 9.21. The molecule has 0 fully saturated rings. The fraction of sp³-hybridized carbons (Fsp3) is 0.818. The molecule has 1 heterocycles. The summed E-state index contributed by atoms with van der Waals surface area (Å²) in [6.45, 7) is 10.2. The topological polar surface area (TPSA) is 6.48 Å². The molecule has 0 amide bonds. The predicted octanol–water partition coefficient (Wildman–Crippen LogP) is 2.63. The maximum absolute atomic E-state index is 2.45. The first-order chi connectivity index (χ1) is 6.31. The molecular formula is C11H22N2. The minimum atomic E-state index is 1.11. The van der Waals surface area contributed by atoms with Crippen LogP contribution in [0.4, 0.5) is 0 Å². The Bertz CT molecular complexity index is 175. The third-order valence-electron chi connectivity index (χ3n) is 2.63. The van der Waals surface area contributed by atoms with Crippen molar-refractivity contribution in [3.8, 4) is 0 Å². The number of rotatable bonds is 5. The van der Waals surface area contributed by atoms with Gasteiger partial charge in [-0.1, -0.05) is 20.3 Å². The van der Waals surface area contributed by atoms with Crippen LogP contribution in [0, 0.1) is 0 Å². The van der Waals surface area contributed by atoms with Gasteiger partial charge in [0.1, 0.15) is 0 Å². The van der Waals surface area contributed by atoms with Crippen molar-refractivity contribution in [2.45, 2.75) is 40.0 Å². The molecule has 2 heteroatoms. The van der Waals surface area contributed by atoms with E-state index in [1.165, 1.54) is 25.1 Å². The van der Waals surface area contributed by atoms with Crippen LogP contribution < -0.4 is 0 Å². The molecule has 0 saturated heterocycles. The second kappa shape index (κ2) is 5.15. The average molecular weight is 182 g/mol. The van der Waals surface area contributed by atoms with Crippen molar-refractivity contribution in [1.82, 2.24) is 9.80 Å². The van der Waals surface area contributed by atoms with Crippen molar-refractivity contribution in [3.05, 3.63) is 11.9 Å². The highest BCUT2D eigenvalue weighted by atomic mass is 15.3. The van der Waals surface area contributed by atoms with E-state index in [-0.39, 0.29) is 0 Å². The lowest BCUT2D eigenvalue weighted by molar-refractivity contribution is 0.258. The molecule has 0 aliphatic carbocycles. The van der Waals surface area contributed by atoms with Crippen LogP contribution in [0.5, 0.6) is 0 Å².